The fourth-order valence-corrected chi connectivity index (χ4v) is 4.70. The zero-order chi connectivity index (χ0) is 23.1. The molecule has 0 spiro atoms. The predicted octanol–water partition coefficient (Wildman–Crippen LogP) is 4.07. The number of carboxylic acids is 1. The molecule has 2 aromatic carbocycles. The first-order valence-electron chi connectivity index (χ1n) is 11.1. The molecule has 33 heavy (non-hydrogen) atoms. The molecule has 0 radical (unpaired) electrons. The summed E-state index contributed by atoms with van der Waals surface area (Å²) in [4.78, 5) is 18.0. The van der Waals surface area contributed by atoms with Crippen LogP contribution in [-0.2, 0) is 11.2 Å². The van der Waals surface area contributed by atoms with Crippen LogP contribution in [0, 0.1) is 17.2 Å². The first kappa shape index (κ1) is 21.2. The van der Waals surface area contributed by atoms with Crippen LogP contribution in [0.2, 0.25) is 0 Å². The van der Waals surface area contributed by atoms with Crippen LogP contribution in [0.1, 0.15) is 43.0 Å². The molecule has 1 aromatic heterocycles. The first-order chi connectivity index (χ1) is 15.9. The monoisotopic (exact) mass is 444 g/mol. The largest absolute Gasteiger partial charge is 0.490 e. The molecule has 1 atom stereocenters. The van der Waals surface area contributed by atoms with Crippen LogP contribution in [0.15, 0.2) is 40.9 Å². The van der Waals surface area contributed by atoms with Crippen LogP contribution in [0.3, 0.4) is 0 Å². The normalized spacial score (nSPS) is 18.1. The number of carbonyl (C=O) groups is 1. The van der Waals surface area contributed by atoms with E-state index in [1.54, 1.807) is 12.1 Å². The van der Waals surface area contributed by atoms with Crippen molar-refractivity contribution in [3.05, 3.63) is 53.1 Å². The number of hydrogen-bond donors (Lipinski definition) is 1. The van der Waals surface area contributed by atoms with Gasteiger partial charge >= 0.3 is 5.97 Å². The third kappa shape index (κ3) is 3.85. The highest BCUT2D eigenvalue weighted by Crippen LogP contribution is 2.42. The van der Waals surface area contributed by atoms with E-state index in [1.807, 2.05) is 32.0 Å². The Labute approximate surface area is 191 Å². The van der Waals surface area contributed by atoms with Crippen molar-refractivity contribution in [1.82, 2.24) is 15.0 Å². The van der Waals surface area contributed by atoms with Gasteiger partial charge in [-0.2, -0.15) is 10.2 Å². The molecule has 0 amide bonds. The lowest BCUT2D eigenvalue weighted by atomic mass is 9.94. The summed E-state index contributed by atoms with van der Waals surface area (Å²) in [5, 5.41) is 22.9. The molecule has 1 aliphatic carbocycles. The zero-order valence-electron chi connectivity index (χ0n) is 18.5. The lowest BCUT2D eigenvalue weighted by Crippen LogP contribution is -2.51. The highest BCUT2D eigenvalue weighted by atomic mass is 16.5. The van der Waals surface area contributed by atoms with E-state index in [-0.39, 0.29) is 18.1 Å². The van der Waals surface area contributed by atoms with Crippen LogP contribution in [0.25, 0.3) is 22.8 Å². The number of likely N-dealkylation sites (tertiary alicyclic amines) is 1. The first-order valence-corrected chi connectivity index (χ1v) is 11.1. The number of nitrogens with zero attached hydrogens (tertiary/aromatic N) is 4. The van der Waals surface area contributed by atoms with Gasteiger partial charge in [0.25, 0.3) is 5.89 Å². The molecule has 1 unspecified atom stereocenters. The SMILES string of the molecule is CC(C)Oc1ccc(-c2nc(-c3cccc4c3CCC4N3CC(C(=O)O)C3)no2)cc1C#N. The maximum atomic E-state index is 11.2. The number of hydrogen-bond acceptors (Lipinski definition) is 7. The molecular weight excluding hydrogens is 420 g/mol. The van der Waals surface area contributed by atoms with Gasteiger partial charge in [0.05, 0.1) is 17.6 Å². The quantitative estimate of drug-likeness (QED) is 0.606. The minimum atomic E-state index is -0.721. The highest BCUT2D eigenvalue weighted by Gasteiger charge is 2.40. The Morgan fingerprint density at radius 1 is 1.30 bits per heavy atom. The van der Waals surface area contributed by atoms with E-state index in [2.05, 4.69) is 27.2 Å². The van der Waals surface area contributed by atoms with Crippen molar-refractivity contribution in [1.29, 1.82) is 5.26 Å². The van der Waals surface area contributed by atoms with Crippen LogP contribution in [0.5, 0.6) is 5.75 Å². The van der Waals surface area contributed by atoms with Crippen molar-refractivity contribution >= 4 is 5.97 Å². The van der Waals surface area contributed by atoms with Gasteiger partial charge in [-0.25, -0.2) is 0 Å². The van der Waals surface area contributed by atoms with Crippen molar-refractivity contribution in [3.8, 4) is 34.7 Å². The van der Waals surface area contributed by atoms with Gasteiger partial charge in [-0.1, -0.05) is 23.4 Å². The molecule has 2 aliphatic rings. The summed E-state index contributed by atoms with van der Waals surface area (Å²) in [6, 6.07) is 13.7. The van der Waals surface area contributed by atoms with Gasteiger partial charge in [-0.05, 0) is 56.0 Å². The molecule has 8 nitrogen and oxygen atoms in total. The highest BCUT2D eigenvalue weighted by molar-refractivity contribution is 5.72. The summed E-state index contributed by atoms with van der Waals surface area (Å²) >= 11 is 0. The second-order valence-corrected chi connectivity index (χ2v) is 8.83. The molecule has 3 aromatic rings. The van der Waals surface area contributed by atoms with Crippen LogP contribution in [0.4, 0.5) is 0 Å². The van der Waals surface area contributed by atoms with Gasteiger partial charge < -0.3 is 14.4 Å². The lowest BCUT2D eigenvalue weighted by Gasteiger charge is -2.41. The summed E-state index contributed by atoms with van der Waals surface area (Å²) in [7, 11) is 0. The van der Waals surface area contributed by atoms with Crippen molar-refractivity contribution in [2.45, 2.75) is 38.8 Å². The van der Waals surface area contributed by atoms with Crippen molar-refractivity contribution in [2.24, 2.45) is 5.92 Å². The van der Waals surface area contributed by atoms with Gasteiger partial charge in [-0.15, -0.1) is 0 Å². The summed E-state index contributed by atoms with van der Waals surface area (Å²) < 4.78 is 11.2. The average molecular weight is 444 g/mol. The van der Waals surface area contributed by atoms with E-state index in [1.165, 1.54) is 11.1 Å². The zero-order valence-corrected chi connectivity index (χ0v) is 18.5. The predicted molar refractivity (Wildman–Crippen MR) is 119 cm³/mol. The second kappa shape index (κ2) is 8.34. The van der Waals surface area contributed by atoms with Crippen molar-refractivity contribution in [2.75, 3.05) is 13.1 Å². The number of rotatable bonds is 6. The average Bonchev–Trinajstić information content (AvgIpc) is 3.40. The second-order valence-electron chi connectivity index (χ2n) is 8.83. The maximum Gasteiger partial charge on any atom is 0.309 e. The minimum absolute atomic E-state index is 0.0340. The van der Waals surface area contributed by atoms with E-state index < -0.39 is 5.97 Å². The van der Waals surface area contributed by atoms with Crippen molar-refractivity contribution in [3.63, 3.8) is 0 Å². The number of aromatic nitrogens is 2. The molecule has 0 bridgehead atoms. The molecule has 1 N–H and O–H groups in total. The Morgan fingerprint density at radius 3 is 2.85 bits per heavy atom. The molecule has 5 rings (SSSR count). The Hall–Kier alpha value is -3.70. The van der Waals surface area contributed by atoms with Gasteiger partial charge in [0.1, 0.15) is 11.8 Å². The third-order valence-electron chi connectivity index (χ3n) is 6.32. The number of aliphatic carboxylic acids is 1. The number of nitriles is 1. The molecular formula is C25H24N4O4. The topological polar surface area (TPSA) is 112 Å². The van der Waals surface area contributed by atoms with Crippen LogP contribution in [-0.4, -0.2) is 45.3 Å². The molecule has 168 valence electrons. The number of ether oxygens (including phenoxy) is 1. The van der Waals surface area contributed by atoms with E-state index in [0.717, 1.165) is 18.4 Å². The molecule has 1 aliphatic heterocycles. The molecule has 8 heteroatoms. The van der Waals surface area contributed by atoms with E-state index in [0.29, 0.717) is 41.7 Å². The van der Waals surface area contributed by atoms with Crippen LogP contribution < -0.4 is 4.74 Å². The fraction of sp³-hybridized carbons (Fsp3) is 0.360. The van der Waals surface area contributed by atoms with Gasteiger partial charge in [0.15, 0.2) is 0 Å². The van der Waals surface area contributed by atoms with Gasteiger partial charge in [-0.3, -0.25) is 9.69 Å². The number of carboxylic acid groups (broad SMARTS) is 1. The smallest absolute Gasteiger partial charge is 0.309 e. The Morgan fingerprint density at radius 2 is 2.12 bits per heavy atom. The lowest BCUT2D eigenvalue weighted by molar-refractivity contribution is -0.148. The summed E-state index contributed by atoms with van der Waals surface area (Å²) in [5.41, 5.74) is 4.41. The molecule has 2 heterocycles. The molecule has 1 saturated heterocycles. The fourth-order valence-electron chi connectivity index (χ4n) is 4.70. The minimum Gasteiger partial charge on any atom is -0.490 e. The summed E-state index contributed by atoms with van der Waals surface area (Å²) in [5.74, 6) is 0.389. The van der Waals surface area contributed by atoms with E-state index >= 15 is 0 Å². The van der Waals surface area contributed by atoms with Gasteiger partial charge in [0.2, 0.25) is 5.82 Å². The van der Waals surface area contributed by atoms with E-state index in [4.69, 9.17) is 9.26 Å². The standard InChI is InChI=1S/C25H24N4O4/c1-14(2)32-22-9-6-15(10-16(22)11-26)24-27-23(28-33-24)20-5-3-4-19-18(20)7-8-21(19)29-12-17(13-29)25(30)31/h3-6,9-10,14,17,21H,7-8,12-13H2,1-2H3,(H,30,31). The Bertz CT molecular complexity index is 1250. The molecule has 1 fully saturated rings. The summed E-state index contributed by atoms with van der Waals surface area (Å²) in [6.45, 7) is 5.00. The van der Waals surface area contributed by atoms with Crippen molar-refractivity contribution < 1.29 is 19.2 Å². The number of benzene rings is 2. The van der Waals surface area contributed by atoms with Gasteiger partial charge in [0, 0.05) is 30.3 Å². The molecule has 0 saturated carbocycles. The number of fused-ring (bicyclic) bond motifs is 1. The van der Waals surface area contributed by atoms with Crippen LogP contribution >= 0.6 is 0 Å². The maximum absolute atomic E-state index is 11.2. The van der Waals surface area contributed by atoms with E-state index in [9.17, 15) is 15.2 Å². The Kier molecular flexibility index (Phi) is 5.35. The third-order valence-corrected chi connectivity index (χ3v) is 6.32. The summed E-state index contributed by atoms with van der Waals surface area (Å²) in [6.07, 6.45) is 1.80. The Balaban J connectivity index is 1.41.